The van der Waals surface area contributed by atoms with Gasteiger partial charge in [-0.2, -0.15) is 0 Å². The van der Waals surface area contributed by atoms with Crippen LogP contribution < -0.4 is 10.2 Å². The van der Waals surface area contributed by atoms with E-state index in [0.717, 1.165) is 16.9 Å². The lowest BCUT2D eigenvalue weighted by Gasteiger charge is -2.20. The van der Waals surface area contributed by atoms with Gasteiger partial charge in [-0.3, -0.25) is 10.1 Å². The van der Waals surface area contributed by atoms with Crippen LogP contribution >= 0.6 is 0 Å². The second-order valence-electron chi connectivity index (χ2n) is 4.59. The zero-order valence-electron chi connectivity index (χ0n) is 11.5. The van der Waals surface area contributed by atoms with Crippen LogP contribution in [0.3, 0.4) is 0 Å². The number of nitro benzene ring substituents is 1. The molecule has 0 aliphatic carbocycles. The molecule has 0 aliphatic rings. The van der Waals surface area contributed by atoms with Crippen LogP contribution in [0.4, 0.5) is 17.1 Å². The van der Waals surface area contributed by atoms with Crippen molar-refractivity contribution in [1.82, 2.24) is 0 Å². The minimum atomic E-state index is -0.374. The van der Waals surface area contributed by atoms with E-state index in [1.54, 1.807) is 13.1 Å². The molecule has 0 spiro atoms. The Morgan fingerprint density at radius 2 is 1.90 bits per heavy atom. The number of hydrogen-bond acceptors (Lipinski definition) is 4. The highest BCUT2D eigenvalue weighted by molar-refractivity contribution is 5.64. The topological polar surface area (TPSA) is 58.4 Å². The number of anilines is 2. The maximum atomic E-state index is 11.0. The van der Waals surface area contributed by atoms with Crippen LogP contribution in [-0.2, 0) is 6.54 Å². The van der Waals surface area contributed by atoms with Crippen LogP contribution in [0.2, 0.25) is 0 Å². The van der Waals surface area contributed by atoms with Crippen molar-refractivity contribution < 1.29 is 4.92 Å². The summed E-state index contributed by atoms with van der Waals surface area (Å²) < 4.78 is 0. The molecular weight excluding hydrogens is 254 g/mol. The van der Waals surface area contributed by atoms with Crippen molar-refractivity contribution in [3.8, 4) is 0 Å². The molecule has 0 radical (unpaired) electrons. The summed E-state index contributed by atoms with van der Waals surface area (Å²) in [4.78, 5) is 12.6. The lowest BCUT2D eigenvalue weighted by Crippen LogP contribution is -2.16. The number of hydrogen-bond donors (Lipinski definition) is 1. The smallest absolute Gasteiger partial charge is 0.273 e. The Morgan fingerprint density at radius 3 is 2.50 bits per heavy atom. The largest absolute Gasteiger partial charge is 0.388 e. The van der Waals surface area contributed by atoms with Crippen LogP contribution in [0.15, 0.2) is 48.5 Å². The molecule has 0 bridgehead atoms. The highest BCUT2D eigenvalue weighted by Crippen LogP contribution is 2.27. The van der Waals surface area contributed by atoms with E-state index in [1.165, 1.54) is 6.07 Å². The maximum absolute atomic E-state index is 11.0. The van der Waals surface area contributed by atoms with Crippen molar-refractivity contribution in [2.45, 2.75) is 6.54 Å². The Kier molecular flexibility index (Phi) is 4.20. The normalized spacial score (nSPS) is 10.1. The third kappa shape index (κ3) is 3.26. The van der Waals surface area contributed by atoms with E-state index in [1.807, 2.05) is 48.3 Å². The second kappa shape index (κ2) is 6.06. The van der Waals surface area contributed by atoms with Crippen LogP contribution in [0.1, 0.15) is 5.56 Å². The number of nitrogens with one attached hydrogen (secondary N) is 1. The molecule has 20 heavy (non-hydrogen) atoms. The Hall–Kier alpha value is -2.56. The van der Waals surface area contributed by atoms with Gasteiger partial charge in [0.15, 0.2) is 0 Å². The number of non-ortho nitro benzene ring substituents is 1. The molecule has 104 valence electrons. The van der Waals surface area contributed by atoms with Crippen LogP contribution in [0, 0.1) is 10.1 Å². The lowest BCUT2D eigenvalue weighted by atomic mass is 10.2. The van der Waals surface area contributed by atoms with Crippen LogP contribution in [0.5, 0.6) is 0 Å². The molecule has 1 N–H and O–H groups in total. The van der Waals surface area contributed by atoms with Crippen molar-refractivity contribution >= 4 is 17.1 Å². The zero-order chi connectivity index (χ0) is 14.5. The van der Waals surface area contributed by atoms with Crippen molar-refractivity contribution in [2.75, 3.05) is 24.3 Å². The van der Waals surface area contributed by atoms with Gasteiger partial charge in [-0.05, 0) is 11.6 Å². The zero-order valence-corrected chi connectivity index (χ0v) is 11.5. The Morgan fingerprint density at radius 1 is 1.20 bits per heavy atom. The Balaban J connectivity index is 2.27. The fourth-order valence-corrected chi connectivity index (χ4v) is 2.01. The summed E-state index contributed by atoms with van der Waals surface area (Å²) in [6, 6.07) is 15.0. The quantitative estimate of drug-likeness (QED) is 0.669. The van der Waals surface area contributed by atoms with Crippen LogP contribution in [-0.4, -0.2) is 19.0 Å². The first-order valence-corrected chi connectivity index (χ1v) is 6.32. The molecule has 2 aromatic rings. The molecule has 0 fully saturated rings. The van der Waals surface area contributed by atoms with Gasteiger partial charge in [0.1, 0.15) is 0 Å². The van der Waals surface area contributed by atoms with E-state index in [-0.39, 0.29) is 10.6 Å². The van der Waals surface area contributed by atoms with Crippen LogP contribution in [0.25, 0.3) is 0 Å². The summed E-state index contributed by atoms with van der Waals surface area (Å²) in [5, 5.41) is 13.9. The second-order valence-corrected chi connectivity index (χ2v) is 4.59. The predicted molar refractivity (Wildman–Crippen MR) is 81.2 cm³/mol. The number of nitrogens with zero attached hydrogens (tertiary/aromatic N) is 2. The summed E-state index contributed by atoms with van der Waals surface area (Å²) >= 11 is 0. The van der Waals surface area contributed by atoms with Crippen molar-refractivity contribution in [3.05, 3.63) is 64.2 Å². The molecule has 0 aromatic heterocycles. The molecule has 0 saturated heterocycles. The van der Waals surface area contributed by atoms with Crippen molar-refractivity contribution in [3.63, 3.8) is 0 Å². The van der Waals surface area contributed by atoms with Gasteiger partial charge < -0.3 is 10.2 Å². The Labute approximate surface area is 118 Å². The van der Waals surface area contributed by atoms with Crippen molar-refractivity contribution in [2.24, 2.45) is 0 Å². The summed E-state index contributed by atoms with van der Waals surface area (Å²) in [5.41, 5.74) is 2.79. The summed E-state index contributed by atoms with van der Waals surface area (Å²) in [7, 11) is 3.67. The first-order valence-electron chi connectivity index (χ1n) is 6.32. The first-order chi connectivity index (χ1) is 9.60. The van der Waals surface area contributed by atoms with E-state index >= 15 is 0 Å². The molecule has 0 aliphatic heterocycles. The average Bonchev–Trinajstić information content (AvgIpc) is 2.47. The van der Waals surface area contributed by atoms with Gasteiger partial charge in [0.25, 0.3) is 5.69 Å². The summed E-state index contributed by atoms with van der Waals surface area (Å²) in [5.74, 6) is 0. The third-order valence-electron chi connectivity index (χ3n) is 3.11. The third-order valence-corrected chi connectivity index (χ3v) is 3.11. The van der Waals surface area contributed by atoms with Gasteiger partial charge in [0, 0.05) is 44.1 Å². The van der Waals surface area contributed by atoms with E-state index < -0.39 is 0 Å². The van der Waals surface area contributed by atoms with E-state index in [9.17, 15) is 10.1 Å². The molecule has 0 heterocycles. The minimum absolute atomic E-state index is 0.0896. The first kappa shape index (κ1) is 13.9. The van der Waals surface area contributed by atoms with Gasteiger partial charge >= 0.3 is 0 Å². The van der Waals surface area contributed by atoms with E-state index in [0.29, 0.717) is 6.54 Å². The molecule has 0 amide bonds. The summed E-state index contributed by atoms with van der Waals surface area (Å²) in [6.45, 7) is 0.700. The Bertz CT molecular complexity index is 599. The lowest BCUT2D eigenvalue weighted by molar-refractivity contribution is -0.384. The molecule has 0 unspecified atom stereocenters. The van der Waals surface area contributed by atoms with Gasteiger partial charge in [-0.1, -0.05) is 30.3 Å². The van der Waals surface area contributed by atoms with Gasteiger partial charge in [0.2, 0.25) is 0 Å². The minimum Gasteiger partial charge on any atom is -0.388 e. The predicted octanol–water partition coefficient (Wildman–Crippen LogP) is 3.27. The molecule has 2 rings (SSSR count). The number of nitro groups is 1. The van der Waals surface area contributed by atoms with E-state index in [4.69, 9.17) is 0 Å². The fraction of sp³-hybridized carbons (Fsp3) is 0.200. The molecule has 2 aromatic carbocycles. The van der Waals surface area contributed by atoms with Gasteiger partial charge in [-0.15, -0.1) is 0 Å². The molecular formula is C15H17N3O2. The van der Waals surface area contributed by atoms with Gasteiger partial charge in [0.05, 0.1) is 4.92 Å². The number of benzene rings is 2. The van der Waals surface area contributed by atoms with Gasteiger partial charge in [-0.25, -0.2) is 0 Å². The molecule has 0 atom stereocenters. The summed E-state index contributed by atoms with van der Waals surface area (Å²) in [6.07, 6.45) is 0. The van der Waals surface area contributed by atoms with E-state index in [2.05, 4.69) is 5.32 Å². The average molecular weight is 271 g/mol. The van der Waals surface area contributed by atoms with Crippen molar-refractivity contribution in [1.29, 1.82) is 0 Å². The standard InChI is InChI=1S/C15H17N3O2/c1-16-13-8-14(10-15(9-13)18(19)20)17(2)11-12-6-4-3-5-7-12/h3-10,16H,11H2,1-2H3. The fourth-order valence-electron chi connectivity index (χ4n) is 2.01. The highest BCUT2D eigenvalue weighted by Gasteiger charge is 2.12. The monoisotopic (exact) mass is 271 g/mol. The molecule has 5 nitrogen and oxygen atoms in total. The SMILES string of the molecule is CNc1cc(N(C)Cc2ccccc2)cc([N+](=O)[O-])c1. The highest BCUT2D eigenvalue weighted by atomic mass is 16.6. The number of rotatable bonds is 5. The molecule has 5 heteroatoms. The maximum Gasteiger partial charge on any atom is 0.273 e. The molecule has 0 saturated carbocycles.